The van der Waals surface area contributed by atoms with E-state index in [1.165, 1.54) is 5.56 Å². The summed E-state index contributed by atoms with van der Waals surface area (Å²) < 4.78 is 12.2. The van der Waals surface area contributed by atoms with Crippen LogP contribution in [0.3, 0.4) is 0 Å². The molecule has 3 nitrogen and oxygen atoms in total. The highest BCUT2D eigenvalue weighted by Gasteiger charge is 2.26. The maximum absolute atomic E-state index is 5.64. The first-order valence-corrected chi connectivity index (χ1v) is 7.67. The third-order valence-electron chi connectivity index (χ3n) is 3.67. The Kier molecular flexibility index (Phi) is 5.67. The highest BCUT2D eigenvalue weighted by atomic mass is 79.9. The lowest BCUT2D eigenvalue weighted by atomic mass is 9.89. The molecule has 19 heavy (non-hydrogen) atoms. The molecular formula is C15H22BrNO2. The van der Waals surface area contributed by atoms with Gasteiger partial charge in [-0.3, -0.25) is 0 Å². The second kappa shape index (κ2) is 7.27. The van der Waals surface area contributed by atoms with Crippen molar-refractivity contribution in [3.05, 3.63) is 28.2 Å². The molecule has 2 unspecified atom stereocenters. The number of methoxy groups -OCH3 is 1. The second-order valence-electron chi connectivity index (χ2n) is 4.95. The van der Waals surface area contributed by atoms with Crippen molar-refractivity contribution in [3.8, 4) is 5.75 Å². The second-order valence-corrected chi connectivity index (χ2v) is 5.86. The van der Waals surface area contributed by atoms with E-state index in [0.717, 1.165) is 42.8 Å². The SMILES string of the molecule is CCNC1CCOCC1Cc1cc(Br)ccc1OC. The summed E-state index contributed by atoms with van der Waals surface area (Å²) in [4.78, 5) is 0. The highest BCUT2D eigenvalue weighted by molar-refractivity contribution is 9.10. The van der Waals surface area contributed by atoms with Crippen LogP contribution in [0, 0.1) is 5.92 Å². The summed E-state index contributed by atoms with van der Waals surface area (Å²) in [6, 6.07) is 6.73. The van der Waals surface area contributed by atoms with Crippen LogP contribution in [0.4, 0.5) is 0 Å². The van der Waals surface area contributed by atoms with Gasteiger partial charge in [-0.2, -0.15) is 0 Å². The number of hydrogen-bond donors (Lipinski definition) is 1. The summed E-state index contributed by atoms with van der Waals surface area (Å²) in [5, 5.41) is 3.57. The van der Waals surface area contributed by atoms with Gasteiger partial charge in [0.1, 0.15) is 5.75 Å². The molecule has 1 fully saturated rings. The first kappa shape index (κ1) is 14.8. The zero-order valence-corrected chi connectivity index (χ0v) is 13.2. The standard InChI is InChI=1S/C15H22BrNO2/c1-3-17-14-6-7-19-10-12(14)8-11-9-13(16)4-5-15(11)18-2/h4-5,9,12,14,17H,3,6-8,10H2,1-2H3. The van der Waals surface area contributed by atoms with E-state index in [2.05, 4.69) is 34.2 Å². The minimum Gasteiger partial charge on any atom is -0.496 e. The molecule has 0 radical (unpaired) electrons. The van der Waals surface area contributed by atoms with Crippen LogP contribution in [-0.4, -0.2) is 32.9 Å². The number of ether oxygens (including phenoxy) is 2. The zero-order valence-electron chi connectivity index (χ0n) is 11.6. The lowest BCUT2D eigenvalue weighted by Gasteiger charge is -2.32. The number of benzene rings is 1. The minimum atomic E-state index is 0.511. The monoisotopic (exact) mass is 327 g/mol. The summed E-state index contributed by atoms with van der Waals surface area (Å²) in [6.07, 6.45) is 2.08. The molecule has 0 saturated carbocycles. The quantitative estimate of drug-likeness (QED) is 0.901. The lowest BCUT2D eigenvalue weighted by molar-refractivity contribution is 0.0325. The van der Waals surface area contributed by atoms with Gasteiger partial charge in [0.25, 0.3) is 0 Å². The molecule has 0 aliphatic carbocycles. The zero-order chi connectivity index (χ0) is 13.7. The van der Waals surface area contributed by atoms with E-state index >= 15 is 0 Å². The van der Waals surface area contributed by atoms with Crippen molar-refractivity contribution in [1.82, 2.24) is 5.32 Å². The predicted octanol–water partition coefficient (Wildman–Crippen LogP) is 3.01. The number of nitrogens with one attached hydrogen (secondary N) is 1. The van der Waals surface area contributed by atoms with Crippen molar-refractivity contribution in [1.29, 1.82) is 0 Å². The third-order valence-corrected chi connectivity index (χ3v) is 4.16. The van der Waals surface area contributed by atoms with E-state index in [-0.39, 0.29) is 0 Å². The molecule has 0 amide bonds. The summed E-state index contributed by atoms with van der Waals surface area (Å²) in [7, 11) is 1.73. The summed E-state index contributed by atoms with van der Waals surface area (Å²) >= 11 is 3.53. The van der Waals surface area contributed by atoms with E-state index in [1.807, 2.05) is 12.1 Å². The van der Waals surface area contributed by atoms with Crippen LogP contribution in [0.25, 0.3) is 0 Å². The Hall–Kier alpha value is -0.580. The smallest absolute Gasteiger partial charge is 0.122 e. The van der Waals surface area contributed by atoms with Crippen molar-refractivity contribution in [2.45, 2.75) is 25.8 Å². The Bertz CT molecular complexity index is 409. The van der Waals surface area contributed by atoms with Gasteiger partial charge in [0, 0.05) is 23.0 Å². The molecule has 2 atom stereocenters. The molecule has 1 saturated heterocycles. The van der Waals surface area contributed by atoms with Crippen LogP contribution in [0.2, 0.25) is 0 Å². The molecule has 0 spiro atoms. The Labute approximate surface area is 123 Å². The average molecular weight is 328 g/mol. The topological polar surface area (TPSA) is 30.5 Å². The first-order chi connectivity index (χ1) is 9.24. The van der Waals surface area contributed by atoms with Crippen LogP contribution in [0.5, 0.6) is 5.75 Å². The van der Waals surface area contributed by atoms with Crippen molar-refractivity contribution in [3.63, 3.8) is 0 Å². The Morgan fingerprint density at radius 2 is 2.32 bits per heavy atom. The Morgan fingerprint density at radius 3 is 3.05 bits per heavy atom. The van der Waals surface area contributed by atoms with Crippen LogP contribution >= 0.6 is 15.9 Å². The highest BCUT2D eigenvalue weighted by Crippen LogP contribution is 2.28. The molecule has 0 bridgehead atoms. The largest absolute Gasteiger partial charge is 0.496 e. The molecular weight excluding hydrogens is 306 g/mol. The van der Waals surface area contributed by atoms with E-state index in [1.54, 1.807) is 7.11 Å². The Balaban J connectivity index is 2.11. The van der Waals surface area contributed by atoms with Crippen molar-refractivity contribution >= 4 is 15.9 Å². The van der Waals surface area contributed by atoms with E-state index in [4.69, 9.17) is 9.47 Å². The third kappa shape index (κ3) is 3.94. The molecule has 106 valence electrons. The van der Waals surface area contributed by atoms with Gasteiger partial charge in [-0.1, -0.05) is 22.9 Å². The maximum atomic E-state index is 5.64. The van der Waals surface area contributed by atoms with Crippen LogP contribution in [0.15, 0.2) is 22.7 Å². The molecule has 1 heterocycles. The van der Waals surface area contributed by atoms with Crippen molar-refractivity contribution in [2.24, 2.45) is 5.92 Å². The lowest BCUT2D eigenvalue weighted by Crippen LogP contribution is -2.43. The molecule has 1 aliphatic heterocycles. The minimum absolute atomic E-state index is 0.511. The molecule has 4 heteroatoms. The fourth-order valence-electron chi connectivity index (χ4n) is 2.72. The van der Waals surface area contributed by atoms with Crippen LogP contribution in [-0.2, 0) is 11.2 Å². The average Bonchev–Trinajstić information content (AvgIpc) is 2.42. The van der Waals surface area contributed by atoms with E-state index in [0.29, 0.717) is 12.0 Å². The van der Waals surface area contributed by atoms with Gasteiger partial charge in [0.15, 0.2) is 0 Å². The summed E-state index contributed by atoms with van der Waals surface area (Å²) in [6.45, 7) is 4.86. The van der Waals surface area contributed by atoms with Gasteiger partial charge in [-0.15, -0.1) is 0 Å². The number of hydrogen-bond acceptors (Lipinski definition) is 3. The summed E-state index contributed by atoms with van der Waals surface area (Å²) in [5.74, 6) is 1.47. The fourth-order valence-corrected chi connectivity index (χ4v) is 3.13. The van der Waals surface area contributed by atoms with Gasteiger partial charge >= 0.3 is 0 Å². The van der Waals surface area contributed by atoms with E-state index < -0.39 is 0 Å². The molecule has 1 aromatic carbocycles. The maximum Gasteiger partial charge on any atom is 0.122 e. The molecule has 1 aliphatic rings. The first-order valence-electron chi connectivity index (χ1n) is 6.88. The fraction of sp³-hybridized carbons (Fsp3) is 0.600. The number of rotatable bonds is 5. The van der Waals surface area contributed by atoms with Gasteiger partial charge in [0.05, 0.1) is 13.7 Å². The Morgan fingerprint density at radius 1 is 1.47 bits per heavy atom. The van der Waals surface area contributed by atoms with Crippen molar-refractivity contribution in [2.75, 3.05) is 26.9 Å². The van der Waals surface area contributed by atoms with Crippen LogP contribution in [0.1, 0.15) is 18.9 Å². The van der Waals surface area contributed by atoms with Crippen molar-refractivity contribution < 1.29 is 9.47 Å². The van der Waals surface area contributed by atoms with Gasteiger partial charge < -0.3 is 14.8 Å². The van der Waals surface area contributed by atoms with Gasteiger partial charge in [-0.25, -0.2) is 0 Å². The summed E-state index contributed by atoms with van der Waals surface area (Å²) in [5.41, 5.74) is 1.25. The molecule has 1 N–H and O–H groups in total. The normalized spacial score (nSPS) is 23.3. The van der Waals surface area contributed by atoms with Gasteiger partial charge in [-0.05, 0) is 43.1 Å². The van der Waals surface area contributed by atoms with E-state index in [9.17, 15) is 0 Å². The number of halogens is 1. The van der Waals surface area contributed by atoms with Gasteiger partial charge in [0.2, 0.25) is 0 Å². The molecule has 1 aromatic rings. The molecule has 0 aromatic heterocycles. The molecule has 2 rings (SSSR count). The predicted molar refractivity (Wildman–Crippen MR) is 80.8 cm³/mol. The van der Waals surface area contributed by atoms with Crippen LogP contribution < -0.4 is 10.1 Å².